The Morgan fingerprint density at radius 2 is 2.14 bits per heavy atom. The Bertz CT molecular complexity index is 484. The number of likely N-dealkylation sites (tertiary alicyclic amines) is 1. The van der Waals surface area contributed by atoms with Crippen molar-refractivity contribution in [3.05, 3.63) is 35.6 Å². The Hall–Kier alpha value is -0.970. The molecule has 0 aromatic heterocycles. The van der Waals surface area contributed by atoms with Gasteiger partial charge in [-0.05, 0) is 55.5 Å². The van der Waals surface area contributed by atoms with Crippen molar-refractivity contribution < 1.29 is 13.9 Å². The molecular formula is C18H26FNO2. The van der Waals surface area contributed by atoms with Crippen molar-refractivity contribution in [2.45, 2.75) is 25.8 Å². The summed E-state index contributed by atoms with van der Waals surface area (Å²) in [6, 6.07) is 6.96. The highest BCUT2D eigenvalue weighted by Crippen LogP contribution is 2.44. The number of halogens is 1. The Labute approximate surface area is 132 Å². The number of piperidine rings is 1. The summed E-state index contributed by atoms with van der Waals surface area (Å²) in [5.74, 6) is 0.373. The molecule has 0 radical (unpaired) electrons. The van der Waals surface area contributed by atoms with Gasteiger partial charge in [-0.1, -0.05) is 12.1 Å². The van der Waals surface area contributed by atoms with Gasteiger partial charge in [-0.2, -0.15) is 0 Å². The number of nitrogens with zero attached hydrogens (tertiary/aromatic N) is 1. The van der Waals surface area contributed by atoms with Gasteiger partial charge in [-0.3, -0.25) is 4.90 Å². The van der Waals surface area contributed by atoms with Crippen LogP contribution in [0.3, 0.4) is 0 Å². The third-order valence-electron chi connectivity index (χ3n) is 5.44. The number of methoxy groups -OCH3 is 1. The summed E-state index contributed by atoms with van der Waals surface area (Å²) in [6.45, 7) is 5.51. The van der Waals surface area contributed by atoms with E-state index in [4.69, 9.17) is 9.47 Å². The Balaban J connectivity index is 1.59. The molecular weight excluding hydrogens is 281 g/mol. The zero-order valence-electron chi connectivity index (χ0n) is 13.4. The zero-order valence-corrected chi connectivity index (χ0v) is 13.4. The van der Waals surface area contributed by atoms with Crippen LogP contribution in [0.5, 0.6) is 0 Å². The molecule has 2 fully saturated rings. The number of hydrogen-bond acceptors (Lipinski definition) is 3. The van der Waals surface area contributed by atoms with Gasteiger partial charge in [0, 0.05) is 26.2 Å². The van der Waals surface area contributed by atoms with Gasteiger partial charge in [0.05, 0.1) is 13.2 Å². The minimum atomic E-state index is -0.143. The number of benzene rings is 1. The standard InChI is InChI=1S/C18H26FNO2/c1-21-13-16-14-22-10-7-18(16)5-8-20(9-6-18)12-15-3-2-4-17(19)11-15/h2-4,11,16H,5-10,12-14H2,1H3/t16-/m1/s1. The quantitative estimate of drug-likeness (QED) is 0.853. The summed E-state index contributed by atoms with van der Waals surface area (Å²) >= 11 is 0. The SMILES string of the molecule is COC[C@@H]1COCCC12CCN(Cc1cccc(F)c1)CC2. The van der Waals surface area contributed by atoms with Crippen molar-refractivity contribution in [3.8, 4) is 0 Å². The third kappa shape index (κ3) is 3.50. The summed E-state index contributed by atoms with van der Waals surface area (Å²) < 4.78 is 24.4. The largest absolute Gasteiger partial charge is 0.384 e. The highest BCUT2D eigenvalue weighted by atomic mass is 19.1. The molecule has 0 unspecified atom stereocenters. The first-order chi connectivity index (χ1) is 10.7. The van der Waals surface area contributed by atoms with Gasteiger partial charge in [0.25, 0.3) is 0 Å². The molecule has 2 aliphatic heterocycles. The molecule has 3 rings (SSSR count). The van der Waals surface area contributed by atoms with Crippen LogP contribution in [0.15, 0.2) is 24.3 Å². The first kappa shape index (κ1) is 15.9. The van der Waals surface area contributed by atoms with Crippen molar-refractivity contribution in [2.24, 2.45) is 11.3 Å². The highest BCUT2D eigenvalue weighted by Gasteiger charge is 2.43. The van der Waals surface area contributed by atoms with E-state index in [0.717, 1.165) is 51.4 Å². The lowest BCUT2D eigenvalue weighted by Gasteiger charge is -2.49. The van der Waals surface area contributed by atoms with E-state index >= 15 is 0 Å². The molecule has 22 heavy (non-hydrogen) atoms. The van der Waals surface area contributed by atoms with E-state index in [1.807, 2.05) is 6.07 Å². The van der Waals surface area contributed by atoms with E-state index in [1.165, 1.54) is 18.9 Å². The lowest BCUT2D eigenvalue weighted by Crippen LogP contribution is -2.49. The molecule has 1 aromatic carbocycles. The van der Waals surface area contributed by atoms with Crippen LogP contribution in [-0.2, 0) is 16.0 Å². The second kappa shape index (κ2) is 7.07. The van der Waals surface area contributed by atoms with Crippen LogP contribution < -0.4 is 0 Å². The minimum absolute atomic E-state index is 0.143. The van der Waals surface area contributed by atoms with E-state index in [2.05, 4.69) is 4.90 Å². The average Bonchev–Trinajstić information content (AvgIpc) is 2.52. The van der Waals surface area contributed by atoms with Gasteiger partial charge in [-0.15, -0.1) is 0 Å². The van der Waals surface area contributed by atoms with Crippen LogP contribution in [0.2, 0.25) is 0 Å². The molecule has 2 aliphatic rings. The van der Waals surface area contributed by atoms with Gasteiger partial charge in [0.15, 0.2) is 0 Å². The second-order valence-electron chi connectivity index (χ2n) is 6.75. The fourth-order valence-corrected chi connectivity index (χ4v) is 4.02. The number of hydrogen-bond donors (Lipinski definition) is 0. The fourth-order valence-electron chi connectivity index (χ4n) is 4.02. The maximum absolute atomic E-state index is 13.3. The first-order valence-corrected chi connectivity index (χ1v) is 8.25. The van der Waals surface area contributed by atoms with Crippen LogP contribution >= 0.6 is 0 Å². The lowest BCUT2D eigenvalue weighted by atomic mass is 9.66. The molecule has 0 bridgehead atoms. The monoisotopic (exact) mass is 307 g/mol. The van der Waals surface area contributed by atoms with Crippen LogP contribution in [0.25, 0.3) is 0 Å². The van der Waals surface area contributed by atoms with E-state index in [9.17, 15) is 4.39 Å². The predicted molar refractivity (Wildman–Crippen MR) is 84.1 cm³/mol. The molecule has 122 valence electrons. The maximum Gasteiger partial charge on any atom is 0.123 e. The van der Waals surface area contributed by atoms with Crippen LogP contribution in [0.4, 0.5) is 4.39 Å². The van der Waals surface area contributed by atoms with Gasteiger partial charge < -0.3 is 9.47 Å². The Morgan fingerprint density at radius 1 is 1.32 bits per heavy atom. The van der Waals surface area contributed by atoms with Gasteiger partial charge >= 0.3 is 0 Å². The van der Waals surface area contributed by atoms with Crippen LogP contribution in [0.1, 0.15) is 24.8 Å². The van der Waals surface area contributed by atoms with Crippen LogP contribution in [0, 0.1) is 17.2 Å². The van der Waals surface area contributed by atoms with Gasteiger partial charge in [0.2, 0.25) is 0 Å². The molecule has 4 heteroatoms. The predicted octanol–water partition coefficient (Wildman–Crippen LogP) is 3.09. The van der Waals surface area contributed by atoms with E-state index in [0.29, 0.717) is 11.3 Å². The maximum atomic E-state index is 13.3. The molecule has 0 amide bonds. The molecule has 0 N–H and O–H groups in total. The fraction of sp³-hybridized carbons (Fsp3) is 0.667. The normalized spacial score (nSPS) is 25.5. The topological polar surface area (TPSA) is 21.7 Å². The van der Waals surface area contributed by atoms with Crippen molar-refractivity contribution in [2.75, 3.05) is 40.0 Å². The number of ether oxygens (including phenoxy) is 2. The van der Waals surface area contributed by atoms with E-state index in [1.54, 1.807) is 19.2 Å². The minimum Gasteiger partial charge on any atom is -0.384 e. The molecule has 1 aromatic rings. The molecule has 3 nitrogen and oxygen atoms in total. The van der Waals surface area contributed by atoms with Crippen LogP contribution in [-0.4, -0.2) is 44.9 Å². The zero-order chi connectivity index (χ0) is 15.4. The molecule has 0 aliphatic carbocycles. The van der Waals surface area contributed by atoms with Crippen molar-refractivity contribution in [1.29, 1.82) is 0 Å². The summed E-state index contributed by atoms with van der Waals surface area (Å²) in [7, 11) is 1.78. The molecule has 2 heterocycles. The Morgan fingerprint density at radius 3 is 2.86 bits per heavy atom. The average molecular weight is 307 g/mol. The summed E-state index contributed by atoms with van der Waals surface area (Å²) in [6.07, 6.45) is 3.54. The molecule has 2 saturated heterocycles. The summed E-state index contributed by atoms with van der Waals surface area (Å²) in [5.41, 5.74) is 1.45. The second-order valence-corrected chi connectivity index (χ2v) is 6.75. The first-order valence-electron chi connectivity index (χ1n) is 8.25. The molecule has 0 saturated carbocycles. The smallest absolute Gasteiger partial charge is 0.123 e. The highest BCUT2D eigenvalue weighted by molar-refractivity contribution is 5.16. The summed E-state index contributed by atoms with van der Waals surface area (Å²) in [5, 5.41) is 0. The Kier molecular flexibility index (Phi) is 5.11. The van der Waals surface area contributed by atoms with Crippen molar-refractivity contribution in [3.63, 3.8) is 0 Å². The lowest BCUT2D eigenvalue weighted by molar-refractivity contribution is -0.0951. The third-order valence-corrected chi connectivity index (χ3v) is 5.44. The van der Waals surface area contributed by atoms with Crippen molar-refractivity contribution >= 4 is 0 Å². The van der Waals surface area contributed by atoms with E-state index < -0.39 is 0 Å². The van der Waals surface area contributed by atoms with Crippen molar-refractivity contribution in [1.82, 2.24) is 4.90 Å². The van der Waals surface area contributed by atoms with Gasteiger partial charge in [-0.25, -0.2) is 4.39 Å². The number of rotatable bonds is 4. The van der Waals surface area contributed by atoms with E-state index in [-0.39, 0.29) is 5.82 Å². The molecule has 1 spiro atoms. The summed E-state index contributed by atoms with van der Waals surface area (Å²) in [4.78, 5) is 2.44. The molecule has 1 atom stereocenters. The van der Waals surface area contributed by atoms with Gasteiger partial charge in [0.1, 0.15) is 5.82 Å².